The molecule has 134 valence electrons. The Labute approximate surface area is 147 Å². The number of rotatable bonds is 4. The zero-order chi connectivity index (χ0) is 17.1. The van der Waals surface area contributed by atoms with Crippen molar-refractivity contribution in [1.82, 2.24) is 10.2 Å². The van der Waals surface area contributed by atoms with Gasteiger partial charge in [-0.1, -0.05) is 6.07 Å². The summed E-state index contributed by atoms with van der Waals surface area (Å²) in [6, 6.07) is 9.10. The number of morpholine rings is 1. The molecule has 2 fully saturated rings. The quantitative estimate of drug-likeness (QED) is 0.926. The van der Waals surface area contributed by atoms with Gasteiger partial charge in [-0.05, 0) is 43.4 Å². The number of H-pyrrole nitrogens is 1. The van der Waals surface area contributed by atoms with Crippen LogP contribution in [0.25, 0.3) is 0 Å². The van der Waals surface area contributed by atoms with Gasteiger partial charge in [-0.15, -0.1) is 0 Å². The van der Waals surface area contributed by atoms with Crippen molar-refractivity contribution in [2.24, 2.45) is 5.92 Å². The Morgan fingerprint density at radius 3 is 2.88 bits per heavy atom. The zero-order valence-electron chi connectivity index (χ0n) is 14.5. The fourth-order valence-electron chi connectivity index (χ4n) is 3.86. The molecule has 2 aliphatic rings. The lowest BCUT2D eigenvalue weighted by molar-refractivity contribution is 0.122. The van der Waals surface area contributed by atoms with Crippen LogP contribution in [0.2, 0.25) is 0 Å². The van der Waals surface area contributed by atoms with E-state index in [0.29, 0.717) is 5.92 Å². The van der Waals surface area contributed by atoms with Gasteiger partial charge in [0, 0.05) is 43.6 Å². The SMILES string of the molecule is Fc1cccc(N2CCC[C@@H](Cc3cc(N4CCOCC4)n[nH]3)C2)c1. The third-order valence-electron chi connectivity index (χ3n) is 5.15. The van der Waals surface area contributed by atoms with Gasteiger partial charge in [-0.2, -0.15) is 5.10 Å². The molecule has 2 aromatic rings. The first-order valence-electron chi connectivity index (χ1n) is 9.15. The van der Waals surface area contributed by atoms with Crippen LogP contribution in [0.5, 0.6) is 0 Å². The predicted octanol–water partition coefficient (Wildman–Crippen LogP) is 2.84. The number of nitrogens with zero attached hydrogens (tertiary/aromatic N) is 3. The smallest absolute Gasteiger partial charge is 0.150 e. The molecule has 0 spiro atoms. The number of halogens is 1. The minimum atomic E-state index is -0.164. The molecule has 1 aromatic carbocycles. The highest BCUT2D eigenvalue weighted by molar-refractivity contribution is 5.47. The summed E-state index contributed by atoms with van der Waals surface area (Å²) < 4.78 is 18.9. The van der Waals surface area contributed by atoms with Crippen molar-refractivity contribution in [3.63, 3.8) is 0 Å². The van der Waals surface area contributed by atoms with E-state index in [1.54, 1.807) is 12.1 Å². The fraction of sp³-hybridized carbons (Fsp3) is 0.526. The molecule has 6 heteroatoms. The van der Waals surface area contributed by atoms with Gasteiger partial charge in [0.1, 0.15) is 5.82 Å². The van der Waals surface area contributed by atoms with Crippen LogP contribution >= 0.6 is 0 Å². The summed E-state index contributed by atoms with van der Waals surface area (Å²) >= 11 is 0. The Morgan fingerprint density at radius 1 is 1.16 bits per heavy atom. The van der Waals surface area contributed by atoms with Crippen LogP contribution in [0.15, 0.2) is 30.3 Å². The number of nitrogens with one attached hydrogen (secondary N) is 1. The molecule has 25 heavy (non-hydrogen) atoms. The first-order chi connectivity index (χ1) is 12.3. The minimum Gasteiger partial charge on any atom is -0.378 e. The molecule has 0 radical (unpaired) electrons. The van der Waals surface area contributed by atoms with Gasteiger partial charge >= 0.3 is 0 Å². The fourth-order valence-corrected chi connectivity index (χ4v) is 3.86. The second kappa shape index (κ2) is 7.44. The average Bonchev–Trinajstić information content (AvgIpc) is 3.11. The molecule has 0 saturated carbocycles. The van der Waals surface area contributed by atoms with Crippen molar-refractivity contribution in [3.05, 3.63) is 41.8 Å². The van der Waals surface area contributed by atoms with Crippen LogP contribution in [-0.2, 0) is 11.2 Å². The topological polar surface area (TPSA) is 44.4 Å². The Morgan fingerprint density at radius 2 is 2.04 bits per heavy atom. The van der Waals surface area contributed by atoms with Gasteiger partial charge in [0.25, 0.3) is 0 Å². The Balaban J connectivity index is 1.38. The van der Waals surface area contributed by atoms with Gasteiger partial charge in [-0.3, -0.25) is 5.10 Å². The van der Waals surface area contributed by atoms with E-state index in [0.717, 1.165) is 63.7 Å². The van der Waals surface area contributed by atoms with E-state index in [4.69, 9.17) is 4.74 Å². The van der Waals surface area contributed by atoms with Gasteiger partial charge in [0.05, 0.1) is 13.2 Å². The largest absolute Gasteiger partial charge is 0.378 e. The van der Waals surface area contributed by atoms with Crippen LogP contribution in [0.1, 0.15) is 18.5 Å². The van der Waals surface area contributed by atoms with Crippen LogP contribution < -0.4 is 9.80 Å². The lowest BCUT2D eigenvalue weighted by Crippen LogP contribution is -2.36. The van der Waals surface area contributed by atoms with E-state index in [-0.39, 0.29) is 5.82 Å². The molecule has 2 aliphatic heterocycles. The molecule has 0 unspecified atom stereocenters. The molecule has 1 N–H and O–H groups in total. The molecular formula is C19H25FN4O. The summed E-state index contributed by atoms with van der Waals surface area (Å²) in [6.45, 7) is 5.32. The molecule has 5 nitrogen and oxygen atoms in total. The van der Waals surface area contributed by atoms with Gasteiger partial charge in [0.2, 0.25) is 0 Å². The Bertz CT molecular complexity index is 698. The zero-order valence-corrected chi connectivity index (χ0v) is 14.5. The highest BCUT2D eigenvalue weighted by atomic mass is 19.1. The number of aromatic amines is 1. The Hall–Kier alpha value is -2.08. The molecular weight excluding hydrogens is 319 g/mol. The molecule has 0 amide bonds. The van der Waals surface area contributed by atoms with Crippen molar-refractivity contribution in [2.75, 3.05) is 49.2 Å². The molecule has 2 saturated heterocycles. The number of hydrogen-bond donors (Lipinski definition) is 1. The summed E-state index contributed by atoms with van der Waals surface area (Å²) in [5.74, 6) is 1.43. The van der Waals surface area contributed by atoms with E-state index in [9.17, 15) is 4.39 Å². The molecule has 3 heterocycles. The lowest BCUT2D eigenvalue weighted by Gasteiger charge is -2.34. The number of hydrogen-bond acceptors (Lipinski definition) is 4. The summed E-state index contributed by atoms with van der Waals surface area (Å²) in [5, 5.41) is 7.68. The highest BCUT2D eigenvalue weighted by Gasteiger charge is 2.22. The van der Waals surface area contributed by atoms with Crippen molar-refractivity contribution in [3.8, 4) is 0 Å². The third kappa shape index (κ3) is 3.95. The average molecular weight is 344 g/mol. The van der Waals surface area contributed by atoms with E-state index in [2.05, 4.69) is 26.1 Å². The second-order valence-corrected chi connectivity index (χ2v) is 6.99. The van der Waals surface area contributed by atoms with Crippen LogP contribution in [0, 0.1) is 11.7 Å². The molecule has 1 aromatic heterocycles. The van der Waals surface area contributed by atoms with Crippen molar-refractivity contribution in [2.45, 2.75) is 19.3 Å². The maximum absolute atomic E-state index is 13.5. The maximum atomic E-state index is 13.5. The predicted molar refractivity (Wildman–Crippen MR) is 96.7 cm³/mol. The molecule has 0 aliphatic carbocycles. The van der Waals surface area contributed by atoms with Gasteiger partial charge in [-0.25, -0.2) is 4.39 Å². The van der Waals surface area contributed by atoms with E-state index in [1.165, 1.54) is 18.2 Å². The number of benzene rings is 1. The second-order valence-electron chi connectivity index (χ2n) is 6.99. The summed E-state index contributed by atoms with van der Waals surface area (Å²) in [4.78, 5) is 4.57. The van der Waals surface area contributed by atoms with E-state index >= 15 is 0 Å². The van der Waals surface area contributed by atoms with E-state index in [1.807, 2.05) is 6.07 Å². The minimum absolute atomic E-state index is 0.164. The Kier molecular flexibility index (Phi) is 4.88. The first kappa shape index (κ1) is 16.4. The van der Waals surface area contributed by atoms with Crippen LogP contribution in [0.4, 0.5) is 15.9 Å². The normalized spacial score (nSPS) is 21.6. The summed E-state index contributed by atoms with van der Waals surface area (Å²) in [5.41, 5.74) is 2.18. The van der Waals surface area contributed by atoms with Gasteiger partial charge < -0.3 is 14.5 Å². The molecule has 1 atom stereocenters. The van der Waals surface area contributed by atoms with Crippen molar-refractivity contribution in [1.29, 1.82) is 0 Å². The monoisotopic (exact) mass is 344 g/mol. The standard InChI is InChI=1S/C19H25FN4O/c20-16-4-1-5-18(12-16)24-6-2-3-15(14-24)11-17-13-19(22-21-17)23-7-9-25-10-8-23/h1,4-5,12-13,15H,2-3,6-11,14H2,(H,21,22)/t15-/m0/s1. The molecule has 0 bridgehead atoms. The highest BCUT2D eigenvalue weighted by Crippen LogP contribution is 2.26. The number of ether oxygens (including phenoxy) is 1. The summed E-state index contributed by atoms with van der Waals surface area (Å²) in [6.07, 6.45) is 3.34. The first-order valence-corrected chi connectivity index (χ1v) is 9.15. The van der Waals surface area contributed by atoms with Crippen LogP contribution in [-0.4, -0.2) is 49.6 Å². The third-order valence-corrected chi connectivity index (χ3v) is 5.15. The summed E-state index contributed by atoms with van der Waals surface area (Å²) in [7, 11) is 0. The number of aromatic nitrogens is 2. The maximum Gasteiger partial charge on any atom is 0.150 e. The number of piperidine rings is 1. The van der Waals surface area contributed by atoms with Crippen LogP contribution in [0.3, 0.4) is 0 Å². The van der Waals surface area contributed by atoms with E-state index < -0.39 is 0 Å². The number of anilines is 2. The van der Waals surface area contributed by atoms with Crippen molar-refractivity contribution >= 4 is 11.5 Å². The van der Waals surface area contributed by atoms with Crippen molar-refractivity contribution < 1.29 is 9.13 Å². The lowest BCUT2D eigenvalue weighted by atomic mass is 9.93. The van der Waals surface area contributed by atoms with Gasteiger partial charge in [0.15, 0.2) is 5.82 Å². The molecule has 4 rings (SSSR count).